The maximum Gasteiger partial charge on any atom is 0.0920 e. The summed E-state index contributed by atoms with van der Waals surface area (Å²) in [6.45, 7) is 48.6. The van der Waals surface area contributed by atoms with Crippen molar-refractivity contribution in [3.63, 3.8) is 0 Å². The van der Waals surface area contributed by atoms with E-state index in [4.69, 9.17) is 9.47 Å². The van der Waals surface area contributed by atoms with E-state index in [1.807, 2.05) is 61.2 Å². The van der Waals surface area contributed by atoms with E-state index >= 15 is 0 Å². The highest BCUT2D eigenvalue weighted by Gasteiger charge is 2.42. The standard InChI is InChI=1S/C56H52N4P2.C40H52N4P2.C28H26N4O2/c1-35-13-9-14-36(2)53(35)61(54-37(3)15-10-16-38(54)4)51-33-48(44-23-27-46(28-24-44)50-30-32-58-60-50)52(34-47(51)43-21-25-45(26-22-43)49-29-31-57-59-49)62(55-39(5)17-11-18-40(55)6)56-41(7)19-12-20-42(56)8;1-37(2,3)45(38(4,5)6)35-25-32(28-15-19-30(20-16-28)34-22-24-42-44-34)36(46(39(7,8)9)40(10,11)12)26-31(35)27-13-17-29(18-14-27)33-21-23-41-43-33;1-33-17-23-15-26(20-5-9-22(10-6-20)28-12-14-30-32-28)24(18-34-2)16-25(23)19-3-7-21(8-4-19)27-11-13-29-31-27/h9-34H,1-8H3,(H,57,59)(H,58,60);13-26H,1-12H3,(H,41,43)(H,42,44);3-16H,17-18H2,1-2H3,(H,29,31)(H,30,32). The Morgan fingerprint density at radius 2 is 0.451 bits per heavy atom. The molecule has 0 radical (unpaired) electrons. The number of benzene rings is 13. The fourth-order valence-electron chi connectivity index (χ4n) is 20.9. The molecule has 6 aromatic heterocycles. The summed E-state index contributed by atoms with van der Waals surface area (Å²) in [5.74, 6) is 0. The van der Waals surface area contributed by atoms with E-state index in [1.54, 1.807) is 26.6 Å². The molecule has 0 bridgehead atoms. The van der Waals surface area contributed by atoms with E-state index in [0.29, 0.717) is 13.2 Å². The third kappa shape index (κ3) is 21.9. The highest BCUT2D eigenvalue weighted by Crippen LogP contribution is 2.63. The van der Waals surface area contributed by atoms with Gasteiger partial charge in [-0.2, -0.15) is 30.6 Å². The number of ether oxygens (including phenoxy) is 2. The van der Waals surface area contributed by atoms with Crippen molar-refractivity contribution in [2.45, 2.75) is 172 Å². The Morgan fingerprint density at radius 1 is 0.239 bits per heavy atom. The van der Waals surface area contributed by atoms with Crippen LogP contribution >= 0.6 is 31.7 Å². The Hall–Kier alpha value is -13.2. The molecule has 19 rings (SSSR count). The lowest BCUT2D eigenvalue weighted by Gasteiger charge is -2.45. The molecular formula is C124H130N12O2P4. The second-order valence-corrected chi connectivity index (χ2v) is 52.8. The number of hydrogen-bond acceptors (Lipinski definition) is 8. The second kappa shape index (κ2) is 42.9. The smallest absolute Gasteiger partial charge is 0.0920 e. The molecule has 0 fully saturated rings. The van der Waals surface area contributed by atoms with Gasteiger partial charge in [0, 0.05) is 62.5 Å². The highest BCUT2D eigenvalue weighted by atomic mass is 31.1. The molecule has 0 amide bonds. The fourth-order valence-corrected chi connectivity index (χ4v) is 35.4. The number of methoxy groups -OCH3 is 2. The Bertz CT molecular complexity index is 6840. The van der Waals surface area contributed by atoms with E-state index in [2.05, 4.69) is 454 Å². The van der Waals surface area contributed by atoms with E-state index in [-0.39, 0.29) is 20.6 Å². The van der Waals surface area contributed by atoms with Crippen molar-refractivity contribution >= 4 is 74.1 Å². The van der Waals surface area contributed by atoms with Gasteiger partial charge in [-0.25, -0.2) is 0 Å². The Morgan fingerprint density at radius 3 is 0.655 bits per heavy atom. The van der Waals surface area contributed by atoms with Crippen LogP contribution in [0.15, 0.2) is 328 Å². The monoisotopic (exact) mass is 1940 g/mol. The lowest BCUT2D eigenvalue weighted by Crippen LogP contribution is -2.35. The van der Waals surface area contributed by atoms with Crippen LogP contribution in [-0.2, 0) is 22.7 Å². The van der Waals surface area contributed by atoms with Crippen LogP contribution in [0.4, 0.5) is 0 Å². The number of nitrogens with zero attached hydrogens (tertiary/aromatic N) is 6. The Labute approximate surface area is 843 Å². The van der Waals surface area contributed by atoms with Gasteiger partial charge < -0.3 is 9.47 Å². The van der Waals surface area contributed by atoms with E-state index in [0.717, 1.165) is 101 Å². The minimum absolute atomic E-state index is 0.111. The SMILES string of the molecule is CC(C)(C)P(c1cc(-c2ccc(-c3ccn[nH]3)cc2)c(P(C(C)(C)C)C(C)(C)C)cc1-c1ccc(-c2ccn[nH]2)cc1)C(C)(C)C.COCc1cc(-c2ccc(-c3ccn[nH]3)cc2)c(COC)cc1-c1ccc(-c2ccn[nH]2)cc1.Cc1cccc(C)c1P(c1cc(-c2ccc(-c3cc[nH]n3)cc2)c(P(c2c(C)cccc2C)c2c(C)cccc2C)cc1-c1ccc(-c2cc[nH]n2)cc1)c1c(C)cccc1C. The molecule has 6 N–H and O–H groups in total. The first-order valence-corrected chi connectivity index (χ1v) is 54.2. The van der Waals surface area contributed by atoms with Crippen LogP contribution in [0.5, 0.6) is 0 Å². The summed E-state index contributed by atoms with van der Waals surface area (Å²) in [4.78, 5) is 0. The van der Waals surface area contributed by atoms with Crippen molar-refractivity contribution in [3.05, 3.63) is 384 Å². The number of H-pyrrole nitrogens is 6. The van der Waals surface area contributed by atoms with Crippen LogP contribution in [-0.4, -0.2) is 96.0 Å². The number of rotatable bonds is 24. The van der Waals surface area contributed by atoms with Gasteiger partial charge in [0.05, 0.1) is 47.4 Å². The molecule has 0 spiro atoms. The minimum Gasteiger partial charge on any atom is -0.380 e. The topological polar surface area (TPSA) is 191 Å². The van der Waals surface area contributed by atoms with Crippen LogP contribution in [0.2, 0.25) is 0 Å². The van der Waals surface area contributed by atoms with Gasteiger partial charge in [-0.05, 0) is 352 Å². The molecule has 142 heavy (non-hydrogen) atoms. The van der Waals surface area contributed by atoms with Crippen LogP contribution in [0, 0.1) is 55.4 Å². The summed E-state index contributed by atoms with van der Waals surface area (Å²) >= 11 is 0. The first-order valence-electron chi connectivity index (χ1n) is 48.8. The van der Waals surface area contributed by atoms with Gasteiger partial charge in [0.15, 0.2) is 0 Å². The van der Waals surface area contributed by atoms with Crippen molar-refractivity contribution in [2.24, 2.45) is 0 Å². The molecule has 0 saturated carbocycles. The molecule has 6 heterocycles. The first kappa shape index (κ1) is 100. The van der Waals surface area contributed by atoms with Gasteiger partial charge in [0.2, 0.25) is 0 Å². The summed E-state index contributed by atoms with van der Waals surface area (Å²) in [7, 11) is 0.202. The zero-order chi connectivity index (χ0) is 100. The quantitative estimate of drug-likeness (QED) is 0.0322. The van der Waals surface area contributed by atoms with E-state index in [1.165, 1.54) is 131 Å². The molecule has 0 aliphatic carbocycles. The zero-order valence-electron chi connectivity index (χ0n) is 85.9. The van der Waals surface area contributed by atoms with Crippen molar-refractivity contribution < 1.29 is 9.47 Å². The molecule has 19 aromatic rings. The minimum atomic E-state index is -1.05. The predicted octanol–water partition coefficient (Wildman–Crippen LogP) is 29.1. The summed E-state index contributed by atoms with van der Waals surface area (Å²) < 4.78 is 11.2. The van der Waals surface area contributed by atoms with Gasteiger partial charge in [-0.15, -0.1) is 0 Å². The van der Waals surface area contributed by atoms with Gasteiger partial charge in [-0.1, -0.05) is 317 Å². The first-order chi connectivity index (χ1) is 68.2. The van der Waals surface area contributed by atoms with Gasteiger partial charge >= 0.3 is 0 Å². The van der Waals surface area contributed by atoms with Crippen LogP contribution in [0.3, 0.4) is 0 Å². The fraction of sp³-hybridized carbons (Fsp3) is 0.226. The van der Waals surface area contributed by atoms with Crippen LogP contribution < -0.4 is 42.4 Å². The summed E-state index contributed by atoms with van der Waals surface area (Å²) in [6.07, 6.45) is 10.9. The number of aryl methyl sites for hydroxylation is 8. The molecule has 0 unspecified atom stereocenters. The predicted molar refractivity (Wildman–Crippen MR) is 606 cm³/mol. The Kier molecular flexibility index (Phi) is 30.3. The average molecular weight is 1940 g/mol. The third-order valence-corrected chi connectivity index (χ3v) is 39.9. The summed E-state index contributed by atoms with van der Waals surface area (Å²) in [5.41, 5.74) is 40.2. The van der Waals surface area contributed by atoms with Gasteiger partial charge in [-0.3, -0.25) is 30.6 Å². The number of hydrogen-bond donors (Lipinski definition) is 6. The molecule has 18 heteroatoms. The van der Waals surface area contributed by atoms with Crippen LogP contribution in [0.25, 0.3) is 134 Å². The molecule has 14 nitrogen and oxygen atoms in total. The second-order valence-electron chi connectivity index (χ2n) is 41.1. The Balaban J connectivity index is 0.000000153. The van der Waals surface area contributed by atoms with Crippen LogP contribution in [0.1, 0.15) is 139 Å². The summed E-state index contributed by atoms with van der Waals surface area (Å²) in [6, 6.07) is 108. The molecule has 718 valence electrons. The third-order valence-electron chi connectivity index (χ3n) is 26.5. The van der Waals surface area contributed by atoms with E-state index < -0.39 is 31.7 Å². The largest absolute Gasteiger partial charge is 0.380 e. The number of aromatic nitrogens is 12. The lowest BCUT2D eigenvalue weighted by molar-refractivity contribution is 0.183. The van der Waals surface area contributed by atoms with Gasteiger partial charge in [0.1, 0.15) is 0 Å². The van der Waals surface area contributed by atoms with Gasteiger partial charge in [0.25, 0.3) is 0 Å². The van der Waals surface area contributed by atoms with Crippen molar-refractivity contribution in [3.8, 4) is 134 Å². The molecular weight excluding hydrogens is 1810 g/mol. The number of aromatic amines is 6. The van der Waals surface area contributed by atoms with Crippen molar-refractivity contribution in [2.75, 3.05) is 14.2 Å². The molecule has 0 aliphatic heterocycles. The van der Waals surface area contributed by atoms with Crippen molar-refractivity contribution in [1.29, 1.82) is 0 Å². The summed E-state index contributed by atoms with van der Waals surface area (Å²) in [5, 5.41) is 55.7. The maximum absolute atomic E-state index is 5.58. The average Bonchev–Trinajstić information content (AvgIpc) is 1.17. The highest BCUT2D eigenvalue weighted by molar-refractivity contribution is 7.81. The lowest BCUT2D eigenvalue weighted by atomic mass is 9.90. The zero-order valence-corrected chi connectivity index (χ0v) is 89.5. The molecule has 0 saturated heterocycles. The van der Waals surface area contributed by atoms with E-state index in [9.17, 15) is 0 Å². The van der Waals surface area contributed by atoms with Crippen molar-refractivity contribution in [1.82, 2.24) is 61.2 Å². The number of nitrogens with one attached hydrogen (secondary N) is 6. The normalized spacial score (nSPS) is 12.0. The molecule has 13 aromatic carbocycles. The molecule has 0 aliphatic rings. The maximum atomic E-state index is 5.58. The molecule has 0 atom stereocenters.